The van der Waals surface area contributed by atoms with E-state index in [0.29, 0.717) is 25.5 Å². The van der Waals surface area contributed by atoms with Crippen LogP contribution in [-0.2, 0) is 0 Å². The van der Waals surface area contributed by atoms with Gasteiger partial charge < -0.3 is 10.6 Å². The summed E-state index contributed by atoms with van der Waals surface area (Å²) in [6.45, 7) is 0.122. The number of alkyl halides is 3. The van der Waals surface area contributed by atoms with E-state index in [1.165, 1.54) is 11.9 Å². The van der Waals surface area contributed by atoms with Gasteiger partial charge in [-0.05, 0) is 20.0 Å². The molecule has 7 heteroatoms. The van der Waals surface area contributed by atoms with Crippen molar-refractivity contribution < 1.29 is 13.2 Å². The average molecular weight is 240 g/mol. The molecule has 0 aromatic heterocycles. The van der Waals surface area contributed by atoms with Crippen LogP contribution in [0.25, 0.3) is 0 Å². The minimum Gasteiger partial charge on any atom is -0.359 e. The molecule has 0 radical (unpaired) electrons. The second-order valence-electron chi connectivity index (χ2n) is 3.46. The molecule has 0 aromatic rings. The highest BCUT2D eigenvalue weighted by atomic mass is 19.4. The van der Waals surface area contributed by atoms with Crippen LogP contribution < -0.4 is 10.6 Å². The summed E-state index contributed by atoms with van der Waals surface area (Å²) in [7, 11) is 4.82. The maximum atomic E-state index is 12.0. The molecular weight excluding hydrogens is 221 g/mol. The van der Waals surface area contributed by atoms with E-state index in [-0.39, 0.29) is 0 Å². The highest BCUT2D eigenvalue weighted by Crippen LogP contribution is 2.15. The Balaban J connectivity index is 3.59. The molecule has 96 valence electrons. The Morgan fingerprint density at radius 3 is 2.44 bits per heavy atom. The molecule has 0 spiro atoms. The van der Waals surface area contributed by atoms with Crippen molar-refractivity contribution in [1.29, 1.82) is 0 Å². The normalized spacial score (nSPS) is 13.1. The van der Waals surface area contributed by atoms with Gasteiger partial charge in [0.25, 0.3) is 0 Å². The molecule has 0 aliphatic heterocycles. The zero-order chi connectivity index (χ0) is 12.6. The second kappa shape index (κ2) is 7.32. The predicted octanol–water partition coefficient (Wildman–Crippen LogP) is 0.665. The molecule has 0 aliphatic rings. The Morgan fingerprint density at radius 1 is 1.38 bits per heavy atom. The van der Waals surface area contributed by atoms with Gasteiger partial charge in [-0.1, -0.05) is 0 Å². The molecule has 0 aliphatic carbocycles. The van der Waals surface area contributed by atoms with Crippen molar-refractivity contribution in [3.63, 3.8) is 0 Å². The summed E-state index contributed by atoms with van der Waals surface area (Å²) in [5.41, 5.74) is 0. The minimum absolute atomic E-state index is 0.396. The summed E-state index contributed by atoms with van der Waals surface area (Å²) < 4.78 is 35.9. The van der Waals surface area contributed by atoms with Crippen LogP contribution in [0.4, 0.5) is 13.2 Å². The topological polar surface area (TPSA) is 39.7 Å². The van der Waals surface area contributed by atoms with Gasteiger partial charge >= 0.3 is 6.18 Å². The summed E-state index contributed by atoms with van der Waals surface area (Å²) in [6, 6.07) is 0. The first-order valence-electron chi connectivity index (χ1n) is 5.02. The van der Waals surface area contributed by atoms with E-state index >= 15 is 0 Å². The Kier molecular flexibility index (Phi) is 6.87. The second-order valence-corrected chi connectivity index (χ2v) is 3.46. The SMILES string of the molecule is CN=C(NC)NCCCN(C)CC(F)(F)F. The smallest absolute Gasteiger partial charge is 0.359 e. The first-order chi connectivity index (χ1) is 7.39. The molecule has 0 amide bonds. The fourth-order valence-electron chi connectivity index (χ4n) is 1.22. The van der Waals surface area contributed by atoms with Gasteiger partial charge in [0.2, 0.25) is 0 Å². The molecule has 0 aromatic carbocycles. The van der Waals surface area contributed by atoms with Gasteiger partial charge in [0.05, 0.1) is 6.54 Å². The van der Waals surface area contributed by atoms with Crippen molar-refractivity contribution in [2.45, 2.75) is 12.6 Å². The van der Waals surface area contributed by atoms with Gasteiger partial charge in [0.1, 0.15) is 0 Å². The number of nitrogens with one attached hydrogen (secondary N) is 2. The lowest BCUT2D eigenvalue weighted by atomic mass is 10.4. The van der Waals surface area contributed by atoms with Crippen LogP contribution >= 0.6 is 0 Å². The Hall–Kier alpha value is -0.980. The Morgan fingerprint density at radius 2 is 2.00 bits per heavy atom. The van der Waals surface area contributed by atoms with Crippen LogP contribution in [0.5, 0.6) is 0 Å². The van der Waals surface area contributed by atoms with Crippen molar-refractivity contribution in [1.82, 2.24) is 15.5 Å². The van der Waals surface area contributed by atoms with Crippen LogP contribution in [-0.4, -0.2) is 57.8 Å². The summed E-state index contributed by atoms with van der Waals surface area (Å²) in [4.78, 5) is 5.14. The largest absolute Gasteiger partial charge is 0.401 e. The maximum Gasteiger partial charge on any atom is 0.401 e. The summed E-state index contributed by atoms with van der Waals surface area (Å²) in [5.74, 6) is 0.637. The Bertz CT molecular complexity index is 215. The van der Waals surface area contributed by atoms with E-state index in [2.05, 4.69) is 15.6 Å². The molecule has 0 heterocycles. The molecular formula is C9H19F3N4. The predicted molar refractivity (Wildman–Crippen MR) is 58.6 cm³/mol. The van der Waals surface area contributed by atoms with Crippen LogP contribution in [0.2, 0.25) is 0 Å². The molecule has 0 saturated carbocycles. The van der Waals surface area contributed by atoms with E-state index in [1.54, 1.807) is 14.1 Å². The lowest BCUT2D eigenvalue weighted by Gasteiger charge is -2.18. The number of hydrogen-bond acceptors (Lipinski definition) is 2. The average Bonchev–Trinajstić information content (AvgIpc) is 2.15. The van der Waals surface area contributed by atoms with Crippen molar-refractivity contribution in [3.05, 3.63) is 0 Å². The molecule has 4 nitrogen and oxygen atoms in total. The summed E-state index contributed by atoms with van der Waals surface area (Å²) in [5, 5.41) is 5.79. The molecule has 0 unspecified atom stereocenters. The quantitative estimate of drug-likeness (QED) is 0.421. The zero-order valence-corrected chi connectivity index (χ0v) is 9.86. The van der Waals surface area contributed by atoms with E-state index in [0.717, 1.165) is 0 Å². The number of hydrogen-bond donors (Lipinski definition) is 2. The minimum atomic E-state index is -4.12. The Labute approximate surface area is 93.9 Å². The van der Waals surface area contributed by atoms with Crippen LogP contribution in [0.3, 0.4) is 0 Å². The van der Waals surface area contributed by atoms with Gasteiger partial charge in [0, 0.05) is 20.6 Å². The lowest BCUT2D eigenvalue weighted by molar-refractivity contribution is -0.143. The van der Waals surface area contributed by atoms with E-state index < -0.39 is 12.7 Å². The van der Waals surface area contributed by atoms with Gasteiger partial charge in [-0.2, -0.15) is 13.2 Å². The summed E-state index contributed by atoms with van der Waals surface area (Å²) in [6.07, 6.45) is -3.49. The van der Waals surface area contributed by atoms with Gasteiger partial charge in [-0.25, -0.2) is 0 Å². The molecule has 2 N–H and O–H groups in total. The van der Waals surface area contributed by atoms with E-state index in [9.17, 15) is 13.2 Å². The molecule has 16 heavy (non-hydrogen) atoms. The molecule has 0 bridgehead atoms. The van der Waals surface area contributed by atoms with E-state index in [4.69, 9.17) is 0 Å². The van der Waals surface area contributed by atoms with E-state index in [1.807, 2.05) is 0 Å². The molecule has 0 saturated heterocycles. The monoisotopic (exact) mass is 240 g/mol. The fraction of sp³-hybridized carbons (Fsp3) is 0.889. The number of halogens is 3. The third-order valence-electron chi connectivity index (χ3n) is 1.92. The van der Waals surface area contributed by atoms with Crippen LogP contribution in [0, 0.1) is 0 Å². The molecule has 0 atom stereocenters. The van der Waals surface area contributed by atoms with Crippen LogP contribution in [0.1, 0.15) is 6.42 Å². The van der Waals surface area contributed by atoms with Crippen molar-refractivity contribution in [3.8, 4) is 0 Å². The maximum absolute atomic E-state index is 12.0. The number of nitrogens with zero attached hydrogens (tertiary/aromatic N) is 2. The summed E-state index contributed by atoms with van der Waals surface area (Å²) >= 11 is 0. The zero-order valence-electron chi connectivity index (χ0n) is 9.86. The van der Waals surface area contributed by atoms with Gasteiger partial charge in [-0.3, -0.25) is 9.89 Å². The molecule has 0 rings (SSSR count). The fourth-order valence-corrected chi connectivity index (χ4v) is 1.22. The van der Waals surface area contributed by atoms with Crippen molar-refractivity contribution >= 4 is 5.96 Å². The van der Waals surface area contributed by atoms with Gasteiger partial charge in [0.15, 0.2) is 5.96 Å². The first-order valence-corrected chi connectivity index (χ1v) is 5.02. The highest BCUT2D eigenvalue weighted by Gasteiger charge is 2.28. The third kappa shape index (κ3) is 8.34. The standard InChI is InChI=1S/C9H19F3N4/c1-13-8(14-2)15-5-4-6-16(3)7-9(10,11)12/h4-7H2,1-3H3,(H2,13,14,15). The third-order valence-corrected chi connectivity index (χ3v) is 1.92. The van der Waals surface area contributed by atoms with Crippen LogP contribution in [0.15, 0.2) is 4.99 Å². The highest BCUT2D eigenvalue weighted by molar-refractivity contribution is 5.79. The lowest BCUT2D eigenvalue weighted by Crippen LogP contribution is -2.37. The van der Waals surface area contributed by atoms with Gasteiger partial charge in [-0.15, -0.1) is 0 Å². The molecule has 0 fully saturated rings. The number of aliphatic imine (C=N–C) groups is 1. The number of guanidine groups is 1. The number of rotatable bonds is 5. The van der Waals surface area contributed by atoms with Crippen molar-refractivity contribution in [2.75, 3.05) is 40.8 Å². The first kappa shape index (κ1) is 15.0. The van der Waals surface area contributed by atoms with Crippen molar-refractivity contribution in [2.24, 2.45) is 4.99 Å².